The molecule has 0 amide bonds. The SMILES string of the molecule is COC(OC)(c1ccccc1)C(O)C(C)(C)C(C)(C)C. The highest BCUT2D eigenvalue weighted by Crippen LogP contribution is 2.48. The third-order valence-corrected chi connectivity index (χ3v) is 4.76. The van der Waals surface area contributed by atoms with Gasteiger partial charge in [-0.15, -0.1) is 0 Å². The van der Waals surface area contributed by atoms with Crippen LogP contribution >= 0.6 is 0 Å². The molecule has 1 rings (SSSR count). The Morgan fingerprint density at radius 3 is 1.70 bits per heavy atom. The van der Waals surface area contributed by atoms with Crippen molar-refractivity contribution >= 4 is 0 Å². The van der Waals surface area contributed by atoms with Gasteiger partial charge in [0.25, 0.3) is 0 Å². The van der Waals surface area contributed by atoms with Crippen molar-refractivity contribution in [2.75, 3.05) is 14.2 Å². The minimum atomic E-state index is -1.17. The molecule has 114 valence electrons. The van der Waals surface area contributed by atoms with Gasteiger partial charge >= 0.3 is 0 Å². The molecule has 0 saturated carbocycles. The number of aliphatic hydroxyl groups is 1. The second-order valence-electron chi connectivity index (χ2n) is 6.82. The number of aliphatic hydroxyl groups excluding tert-OH is 1. The summed E-state index contributed by atoms with van der Waals surface area (Å²) in [5.74, 6) is -1.17. The fraction of sp³-hybridized carbons (Fsp3) is 0.647. The van der Waals surface area contributed by atoms with Crippen molar-refractivity contribution in [3.63, 3.8) is 0 Å². The van der Waals surface area contributed by atoms with Crippen LogP contribution in [0.1, 0.15) is 40.2 Å². The predicted octanol–water partition coefficient (Wildman–Crippen LogP) is 3.57. The van der Waals surface area contributed by atoms with Crippen LogP contribution in [0.4, 0.5) is 0 Å². The maximum atomic E-state index is 11.0. The Hall–Kier alpha value is -0.900. The highest BCUT2D eigenvalue weighted by molar-refractivity contribution is 5.23. The maximum Gasteiger partial charge on any atom is 0.221 e. The molecule has 1 atom stereocenters. The zero-order valence-corrected chi connectivity index (χ0v) is 13.7. The van der Waals surface area contributed by atoms with Gasteiger partial charge in [0.15, 0.2) is 0 Å². The summed E-state index contributed by atoms with van der Waals surface area (Å²) >= 11 is 0. The Bertz CT molecular complexity index is 414. The third-order valence-electron chi connectivity index (χ3n) is 4.76. The van der Waals surface area contributed by atoms with Gasteiger partial charge in [0, 0.05) is 25.2 Å². The predicted molar refractivity (Wildman–Crippen MR) is 81.4 cm³/mol. The van der Waals surface area contributed by atoms with Gasteiger partial charge in [-0.05, 0) is 5.41 Å². The molecule has 3 nitrogen and oxygen atoms in total. The van der Waals surface area contributed by atoms with Crippen LogP contribution in [0.5, 0.6) is 0 Å². The molecule has 0 saturated heterocycles. The monoisotopic (exact) mass is 280 g/mol. The lowest BCUT2D eigenvalue weighted by molar-refractivity contribution is -0.300. The van der Waals surface area contributed by atoms with E-state index in [0.717, 1.165) is 5.56 Å². The van der Waals surface area contributed by atoms with E-state index in [2.05, 4.69) is 20.8 Å². The summed E-state index contributed by atoms with van der Waals surface area (Å²) < 4.78 is 11.3. The van der Waals surface area contributed by atoms with E-state index in [9.17, 15) is 5.11 Å². The largest absolute Gasteiger partial charge is 0.387 e. The Balaban J connectivity index is 3.34. The van der Waals surface area contributed by atoms with Crippen LogP contribution in [0.15, 0.2) is 30.3 Å². The standard InChI is InChI=1S/C17H28O3/c1-15(2,3)16(4,5)14(18)17(19-6,20-7)13-11-9-8-10-12-13/h8-12,14,18H,1-7H3. The van der Waals surface area contributed by atoms with Crippen molar-refractivity contribution in [3.05, 3.63) is 35.9 Å². The van der Waals surface area contributed by atoms with Crippen molar-refractivity contribution in [2.24, 2.45) is 10.8 Å². The van der Waals surface area contributed by atoms with Crippen LogP contribution in [-0.2, 0) is 15.3 Å². The Morgan fingerprint density at radius 2 is 1.35 bits per heavy atom. The first-order valence-corrected chi connectivity index (χ1v) is 6.97. The molecular formula is C17H28O3. The third kappa shape index (κ3) is 2.76. The molecule has 0 aliphatic carbocycles. The summed E-state index contributed by atoms with van der Waals surface area (Å²) in [6.07, 6.45) is -0.813. The summed E-state index contributed by atoms with van der Waals surface area (Å²) in [4.78, 5) is 0. The molecule has 0 aromatic heterocycles. The van der Waals surface area contributed by atoms with E-state index in [4.69, 9.17) is 9.47 Å². The van der Waals surface area contributed by atoms with Crippen LogP contribution in [0, 0.1) is 10.8 Å². The molecule has 0 radical (unpaired) electrons. The van der Waals surface area contributed by atoms with E-state index in [-0.39, 0.29) is 5.41 Å². The van der Waals surface area contributed by atoms with E-state index in [1.807, 2.05) is 44.2 Å². The number of rotatable bonds is 5. The van der Waals surface area contributed by atoms with Crippen molar-refractivity contribution in [2.45, 2.75) is 46.5 Å². The van der Waals surface area contributed by atoms with Gasteiger partial charge in [0.05, 0.1) is 0 Å². The zero-order valence-electron chi connectivity index (χ0n) is 13.7. The summed E-state index contributed by atoms with van der Waals surface area (Å²) in [5, 5.41) is 11.0. The van der Waals surface area contributed by atoms with Crippen molar-refractivity contribution in [3.8, 4) is 0 Å². The molecule has 1 unspecified atom stereocenters. The fourth-order valence-corrected chi connectivity index (χ4v) is 2.26. The second kappa shape index (κ2) is 5.84. The maximum absolute atomic E-state index is 11.0. The number of benzene rings is 1. The summed E-state index contributed by atoms with van der Waals surface area (Å²) in [6, 6.07) is 9.59. The van der Waals surface area contributed by atoms with Crippen molar-refractivity contribution in [1.82, 2.24) is 0 Å². The van der Waals surface area contributed by atoms with Crippen LogP contribution in [0.3, 0.4) is 0 Å². The van der Waals surface area contributed by atoms with E-state index in [0.29, 0.717) is 0 Å². The van der Waals surface area contributed by atoms with Gasteiger partial charge in [-0.2, -0.15) is 0 Å². The van der Waals surface area contributed by atoms with Gasteiger partial charge in [-0.3, -0.25) is 0 Å². The van der Waals surface area contributed by atoms with Crippen LogP contribution in [0.2, 0.25) is 0 Å². The molecule has 1 N–H and O–H groups in total. The molecule has 0 spiro atoms. The van der Waals surface area contributed by atoms with Gasteiger partial charge < -0.3 is 14.6 Å². The zero-order chi connectivity index (χ0) is 15.6. The Kier molecular flexibility index (Phi) is 5.01. The molecule has 0 aliphatic heterocycles. The van der Waals surface area contributed by atoms with Gasteiger partial charge in [0.2, 0.25) is 5.79 Å². The quantitative estimate of drug-likeness (QED) is 0.838. The Labute approximate surface area is 122 Å². The minimum absolute atomic E-state index is 0.108. The van der Waals surface area contributed by atoms with Crippen molar-refractivity contribution < 1.29 is 14.6 Å². The lowest BCUT2D eigenvalue weighted by atomic mass is 9.63. The van der Waals surface area contributed by atoms with Crippen LogP contribution < -0.4 is 0 Å². The number of ether oxygens (including phenoxy) is 2. The first-order chi connectivity index (χ1) is 9.13. The highest BCUT2D eigenvalue weighted by Gasteiger charge is 2.52. The molecule has 1 aromatic rings. The molecule has 0 bridgehead atoms. The molecule has 1 aromatic carbocycles. The lowest BCUT2D eigenvalue weighted by Crippen LogP contribution is -2.55. The topological polar surface area (TPSA) is 38.7 Å². The summed E-state index contributed by atoms with van der Waals surface area (Å²) in [7, 11) is 3.14. The minimum Gasteiger partial charge on any atom is -0.387 e. The van der Waals surface area contributed by atoms with Crippen molar-refractivity contribution in [1.29, 1.82) is 0 Å². The number of hydrogen-bond acceptors (Lipinski definition) is 3. The van der Waals surface area contributed by atoms with Gasteiger partial charge in [-0.25, -0.2) is 0 Å². The van der Waals surface area contributed by atoms with E-state index in [1.165, 1.54) is 0 Å². The molecular weight excluding hydrogens is 252 g/mol. The van der Waals surface area contributed by atoms with E-state index < -0.39 is 17.3 Å². The highest BCUT2D eigenvalue weighted by atomic mass is 16.7. The second-order valence-corrected chi connectivity index (χ2v) is 6.82. The fourth-order valence-electron chi connectivity index (χ4n) is 2.26. The van der Waals surface area contributed by atoms with E-state index >= 15 is 0 Å². The Morgan fingerprint density at radius 1 is 0.900 bits per heavy atom. The molecule has 20 heavy (non-hydrogen) atoms. The molecule has 0 fully saturated rings. The van der Waals surface area contributed by atoms with Gasteiger partial charge in [-0.1, -0.05) is 65.0 Å². The van der Waals surface area contributed by atoms with Gasteiger partial charge in [0.1, 0.15) is 6.10 Å². The molecule has 3 heteroatoms. The summed E-state index contributed by atoms with van der Waals surface area (Å²) in [6.45, 7) is 10.4. The average molecular weight is 280 g/mol. The van der Waals surface area contributed by atoms with Crippen LogP contribution in [-0.4, -0.2) is 25.4 Å². The lowest BCUT2D eigenvalue weighted by Gasteiger charge is -2.49. The first kappa shape index (κ1) is 17.2. The number of hydrogen-bond donors (Lipinski definition) is 1. The number of methoxy groups -OCH3 is 2. The molecule has 0 aliphatic rings. The summed E-state index contributed by atoms with van der Waals surface area (Å²) in [5.41, 5.74) is 0.299. The normalized spacial score (nSPS) is 15.2. The van der Waals surface area contributed by atoms with Crippen LogP contribution in [0.25, 0.3) is 0 Å². The first-order valence-electron chi connectivity index (χ1n) is 6.97. The average Bonchev–Trinajstić information content (AvgIpc) is 2.40. The molecule has 0 heterocycles. The van der Waals surface area contributed by atoms with E-state index in [1.54, 1.807) is 14.2 Å². The smallest absolute Gasteiger partial charge is 0.221 e.